The molecule has 0 amide bonds. The Balaban J connectivity index is 1.26. The number of nitro benzene ring substituents is 1. The average molecular weight is 438 g/mol. The molecular weight excluding hydrogens is 404 g/mol. The van der Waals surface area contributed by atoms with Crippen LogP contribution in [0.5, 0.6) is 0 Å². The predicted octanol–water partition coefficient (Wildman–Crippen LogP) is 3.91. The SMILES string of the molecule is Cc1cc(CCNCC[N+]23CCN(CC2)CC3)ccc1N=Nc1ccc([N+](=O)[O-])cc1C. The summed E-state index contributed by atoms with van der Waals surface area (Å²) in [5.74, 6) is 0. The van der Waals surface area contributed by atoms with Crippen molar-refractivity contribution in [2.75, 3.05) is 58.9 Å². The number of azo groups is 1. The molecule has 2 aromatic rings. The summed E-state index contributed by atoms with van der Waals surface area (Å²) in [4.78, 5) is 13.1. The molecule has 3 fully saturated rings. The largest absolute Gasteiger partial charge is 0.319 e. The summed E-state index contributed by atoms with van der Waals surface area (Å²) >= 11 is 0. The number of hydrogen-bond acceptors (Lipinski definition) is 6. The number of nitrogens with one attached hydrogen (secondary N) is 1. The lowest BCUT2D eigenvalue weighted by molar-refractivity contribution is -0.939. The Hall–Kier alpha value is -2.68. The molecule has 3 aliphatic rings. The van der Waals surface area contributed by atoms with Crippen molar-refractivity contribution in [3.05, 3.63) is 63.2 Å². The summed E-state index contributed by atoms with van der Waals surface area (Å²) in [5.41, 5.74) is 4.64. The molecule has 3 saturated heterocycles. The highest BCUT2D eigenvalue weighted by Gasteiger charge is 2.37. The standard InChI is InChI=1S/C24H33N6O2/c1-19-17-21(7-8-25-9-13-30-14-10-28(11-15-30)12-16-30)3-5-23(19)26-27-24-6-4-22(29(31)32)18-20(24)2/h3-6,17-18,25H,7-16H2,1-2H3/q+1. The number of quaternary nitrogens is 1. The van der Waals surface area contributed by atoms with E-state index in [0.29, 0.717) is 5.69 Å². The van der Waals surface area contributed by atoms with E-state index in [1.165, 1.54) is 68.0 Å². The third-order valence-corrected chi connectivity index (χ3v) is 6.94. The summed E-state index contributed by atoms with van der Waals surface area (Å²) in [5, 5.41) is 23.2. The number of piperazine rings is 3. The van der Waals surface area contributed by atoms with E-state index in [0.717, 1.165) is 36.3 Å². The van der Waals surface area contributed by atoms with Crippen molar-refractivity contribution in [2.45, 2.75) is 20.3 Å². The van der Waals surface area contributed by atoms with Crippen LogP contribution >= 0.6 is 0 Å². The van der Waals surface area contributed by atoms with Crippen LogP contribution in [-0.2, 0) is 6.42 Å². The van der Waals surface area contributed by atoms with Gasteiger partial charge in [0.1, 0.15) is 0 Å². The van der Waals surface area contributed by atoms with Gasteiger partial charge in [0.25, 0.3) is 5.69 Å². The zero-order valence-electron chi connectivity index (χ0n) is 19.1. The van der Waals surface area contributed by atoms with Crippen LogP contribution in [0, 0.1) is 24.0 Å². The molecule has 3 heterocycles. The fourth-order valence-electron chi connectivity index (χ4n) is 4.70. The monoisotopic (exact) mass is 437 g/mol. The van der Waals surface area contributed by atoms with Crippen LogP contribution in [-0.4, -0.2) is 73.2 Å². The molecule has 32 heavy (non-hydrogen) atoms. The number of non-ortho nitro benzene ring substituents is 1. The van der Waals surface area contributed by atoms with Crippen molar-refractivity contribution >= 4 is 17.1 Å². The Kier molecular flexibility index (Phi) is 6.93. The molecule has 1 N–H and O–H groups in total. The van der Waals surface area contributed by atoms with E-state index in [9.17, 15) is 10.1 Å². The number of nitro groups is 1. The van der Waals surface area contributed by atoms with Gasteiger partial charge in [-0.05, 0) is 55.6 Å². The molecule has 0 radical (unpaired) electrons. The van der Waals surface area contributed by atoms with E-state index < -0.39 is 4.92 Å². The van der Waals surface area contributed by atoms with E-state index in [1.54, 1.807) is 13.0 Å². The average Bonchev–Trinajstić information content (AvgIpc) is 2.80. The molecule has 8 heteroatoms. The smallest absolute Gasteiger partial charge is 0.269 e. The second-order valence-electron chi connectivity index (χ2n) is 9.13. The van der Waals surface area contributed by atoms with E-state index in [4.69, 9.17) is 0 Å². The van der Waals surface area contributed by atoms with Crippen LogP contribution in [0.4, 0.5) is 17.1 Å². The Morgan fingerprint density at radius 2 is 1.59 bits per heavy atom. The van der Waals surface area contributed by atoms with E-state index in [-0.39, 0.29) is 5.69 Å². The predicted molar refractivity (Wildman–Crippen MR) is 126 cm³/mol. The van der Waals surface area contributed by atoms with Crippen LogP contribution in [0.15, 0.2) is 46.6 Å². The van der Waals surface area contributed by atoms with Crippen molar-refractivity contribution in [1.29, 1.82) is 0 Å². The maximum absolute atomic E-state index is 10.9. The third-order valence-electron chi connectivity index (χ3n) is 6.94. The van der Waals surface area contributed by atoms with Crippen molar-refractivity contribution in [2.24, 2.45) is 10.2 Å². The third kappa shape index (κ3) is 5.38. The maximum Gasteiger partial charge on any atom is 0.269 e. The lowest BCUT2D eigenvalue weighted by atomic mass is 10.1. The van der Waals surface area contributed by atoms with Crippen LogP contribution < -0.4 is 5.32 Å². The van der Waals surface area contributed by atoms with Crippen LogP contribution in [0.1, 0.15) is 16.7 Å². The Morgan fingerprint density at radius 3 is 2.19 bits per heavy atom. The number of hydrogen-bond donors (Lipinski definition) is 1. The molecule has 2 bridgehead atoms. The number of aryl methyl sites for hydroxylation is 2. The molecule has 0 aliphatic carbocycles. The van der Waals surface area contributed by atoms with Gasteiger partial charge >= 0.3 is 0 Å². The molecule has 0 saturated carbocycles. The first-order valence-electron chi connectivity index (χ1n) is 11.5. The first-order valence-corrected chi connectivity index (χ1v) is 11.5. The van der Waals surface area contributed by atoms with Crippen LogP contribution in [0.3, 0.4) is 0 Å². The fourth-order valence-corrected chi connectivity index (χ4v) is 4.70. The van der Waals surface area contributed by atoms with Crippen molar-refractivity contribution in [1.82, 2.24) is 10.2 Å². The highest BCUT2D eigenvalue weighted by Crippen LogP contribution is 2.27. The summed E-state index contributed by atoms with van der Waals surface area (Å²) in [6, 6.07) is 10.9. The molecule has 8 nitrogen and oxygen atoms in total. The van der Waals surface area contributed by atoms with Gasteiger partial charge in [-0.25, -0.2) is 0 Å². The molecule has 5 rings (SSSR count). The van der Waals surface area contributed by atoms with Gasteiger partial charge < -0.3 is 9.80 Å². The Morgan fingerprint density at radius 1 is 0.969 bits per heavy atom. The zero-order chi connectivity index (χ0) is 22.6. The number of fused-ring (bicyclic) bond motifs is 3. The molecule has 170 valence electrons. The highest BCUT2D eigenvalue weighted by atomic mass is 16.6. The van der Waals surface area contributed by atoms with Gasteiger partial charge in [-0.2, -0.15) is 10.2 Å². The first kappa shape index (κ1) is 22.5. The van der Waals surface area contributed by atoms with Gasteiger partial charge in [-0.15, -0.1) is 0 Å². The quantitative estimate of drug-likeness (QED) is 0.212. The van der Waals surface area contributed by atoms with E-state index >= 15 is 0 Å². The normalized spacial score (nSPS) is 22.5. The van der Waals surface area contributed by atoms with Crippen molar-refractivity contribution in [3.8, 4) is 0 Å². The summed E-state index contributed by atoms with van der Waals surface area (Å²) in [6.07, 6.45) is 0.994. The fraction of sp³-hybridized carbons (Fsp3) is 0.500. The minimum atomic E-state index is -0.400. The van der Waals surface area contributed by atoms with Gasteiger partial charge in [0.2, 0.25) is 0 Å². The summed E-state index contributed by atoms with van der Waals surface area (Å²) < 4.78 is 1.30. The van der Waals surface area contributed by atoms with Crippen molar-refractivity contribution < 1.29 is 9.41 Å². The lowest BCUT2D eigenvalue weighted by Gasteiger charge is -2.50. The minimum Gasteiger partial charge on any atom is -0.319 e. The molecule has 0 atom stereocenters. The lowest BCUT2D eigenvalue weighted by Crippen LogP contribution is -2.68. The van der Waals surface area contributed by atoms with Gasteiger partial charge in [0.15, 0.2) is 0 Å². The van der Waals surface area contributed by atoms with Crippen molar-refractivity contribution in [3.63, 3.8) is 0 Å². The topological polar surface area (TPSA) is 83.1 Å². The Bertz CT molecular complexity index is 984. The molecule has 3 aliphatic heterocycles. The molecule has 0 aromatic heterocycles. The van der Waals surface area contributed by atoms with Crippen LogP contribution in [0.2, 0.25) is 0 Å². The minimum absolute atomic E-state index is 0.0679. The van der Waals surface area contributed by atoms with Gasteiger partial charge in [0, 0.05) is 38.3 Å². The molecule has 2 aromatic carbocycles. The molecule has 0 unspecified atom stereocenters. The highest BCUT2D eigenvalue weighted by molar-refractivity contribution is 5.52. The van der Waals surface area contributed by atoms with Gasteiger partial charge in [0.05, 0.1) is 42.5 Å². The zero-order valence-corrected chi connectivity index (χ0v) is 19.1. The second-order valence-corrected chi connectivity index (χ2v) is 9.13. The number of rotatable bonds is 9. The van der Waals surface area contributed by atoms with E-state index in [2.05, 4.69) is 32.6 Å². The second kappa shape index (κ2) is 9.85. The maximum atomic E-state index is 10.9. The molecule has 0 spiro atoms. The van der Waals surface area contributed by atoms with Gasteiger partial charge in [-0.1, -0.05) is 12.1 Å². The van der Waals surface area contributed by atoms with Crippen LogP contribution in [0.25, 0.3) is 0 Å². The molecular formula is C24H33N6O2+. The summed E-state index contributed by atoms with van der Waals surface area (Å²) in [7, 11) is 0. The summed E-state index contributed by atoms with van der Waals surface area (Å²) in [6.45, 7) is 14.9. The number of nitrogens with zero attached hydrogens (tertiary/aromatic N) is 5. The first-order chi connectivity index (χ1) is 15.4. The number of benzene rings is 2. The van der Waals surface area contributed by atoms with Gasteiger partial charge in [-0.3, -0.25) is 15.0 Å². The van der Waals surface area contributed by atoms with E-state index in [1.807, 2.05) is 13.0 Å². The Labute approximate surface area is 189 Å².